The summed E-state index contributed by atoms with van der Waals surface area (Å²) >= 11 is 7.33. The Morgan fingerprint density at radius 2 is 1.75 bits per heavy atom. The highest BCUT2D eigenvalue weighted by Crippen LogP contribution is 2.41. The van der Waals surface area contributed by atoms with Crippen molar-refractivity contribution in [1.29, 1.82) is 0 Å². The molecule has 3 aromatic rings. The van der Waals surface area contributed by atoms with Crippen LogP contribution in [0.5, 0.6) is 23.0 Å². The first-order chi connectivity index (χ1) is 13.6. The second-order valence-electron chi connectivity index (χ2n) is 5.44. The van der Waals surface area contributed by atoms with Crippen molar-refractivity contribution in [3.63, 3.8) is 0 Å². The Labute approximate surface area is 171 Å². The molecule has 0 spiro atoms. The lowest BCUT2D eigenvalue weighted by Gasteiger charge is -2.12. The van der Waals surface area contributed by atoms with Crippen LogP contribution >= 0.6 is 23.4 Å². The van der Waals surface area contributed by atoms with Crippen LogP contribution < -0.4 is 18.9 Å². The Balaban J connectivity index is 1.63. The zero-order chi connectivity index (χ0) is 19.9. The number of nitrogens with zero attached hydrogens (tertiary/aromatic N) is 2. The topological polar surface area (TPSA) is 75.8 Å². The molecular weight excluding hydrogens is 404 g/mol. The molecule has 0 saturated carbocycles. The fraction of sp³-hybridized carbons (Fsp3) is 0.263. The number of benzene rings is 2. The van der Waals surface area contributed by atoms with E-state index in [2.05, 4.69) is 10.2 Å². The quantitative estimate of drug-likeness (QED) is 0.366. The molecular formula is C19H19ClN2O5S. The van der Waals surface area contributed by atoms with Crippen LogP contribution in [-0.2, 0) is 0 Å². The van der Waals surface area contributed by atoms with Gasteiger partial charge < -0.3 is 23.4 Å². The minimum Gasteiger partial charge on any atom is -0.493 e. The van der Waals surface area contributed by atoms with Gasteiger partial charge in [0.05, 0.1) is 27.9 Å². The molecule has 28 heavy (non-hydrogen) atoms. The maximum absolute atomic E-state index is 5.93. The molecule has 0 atom stereocenters. The summed E-state index contributed by atoms with van der Waals surface area (Å²) in [6.07, 6.45) is 0. The van der Waals surface area contributed by atoms with Gasteiger partial charge in [-0.05, 0) is 30.3 Å². The van der Waals surface area contributed by atoms with Gasteiger partial charge in [0.25, 0.3) is 5.22 Å². The second-order valence-corrected chi connectivity index (χ2v) is 6.92. The predicted octanol–water partition coefficient (Wildman–Crippen LogP) is 4.59. The molecule has 1 aromatic heterocycles. The van der Waals surface area contributed by atoms with Crippen molar-refractivity contribution in [3.05, 3.63) is 41.4 Å². The van der Waals surface area contributed by atoms with Gasteiger partial charge in [0.15, 0.2) is 11.5 Å². The lowest BCUT2D eigenvalue weighted by atomic mass is 10.2. The predicted molar refractivity (Wildman–Crippen MR) is 107 cm³/mol. The minimum absolute atomic E-state index is 0.359. The van der Waals surface area contributed by atoms with Gasteiger partial charge >= 0.3 is 0 Å². The van der Waals surface area contributed by atoms with Crippen molar-refractivity contribution >= 4 is 23.4 Å². The van der Waals surface area contributed by atoms with Gasteiger partial charge in [0.1, 0.15) is 5.75 Å². The molecule has 0 aliphatic carbocycles. The molecule has 0 saturated heterocycles. The zero-order valence-electron chi connectivity index (χ0n) is 15.6. The molecule has 2 aromatic carbocycles. The number of rotatable bonds is 9. The van der Waals surface area contributed by atoms with Gasteiger partial charge in [0.2, 0.25) is 11.6 Å². The largest absolute Gasteiger partial charge is 0.493 e. The molecule has 0 unspecified atom stereocenters. The normalized spacial score (nSPS) is 10.6. The number of halogens is 1. The summed E-state index contributed by atoms with van der Waals surface area (Å²) in [6, 6.07) is 10.8. The first kappa shape index (κ1) is 20.2. The summed E-state index contributed by atoms with van der Waals surface area (Å²) in [4.78, 5) is 0. The Kier molecular flexibility index (Phi) is 6.89. The number of ether oxygens (including phenoxy) is 4. The number of hydrogen-bond donors (Lipinski definition) is 0. The molecule has 9 heteroatoms. The van der Waals surface area contributed by atoms with Crippen LogP contribution in [0.4, 0.5) is 0 Å². The van der Waals surface area contributed by atoms with Crippen molar-refractivity contribution in [2.24, 2.45) is 0 Å². The van der Waals surface area contributed by atoms with E-state index in [1.807, 2.05) is 12.1 Å². The van der Waals surface area contributed by atoms with E-state index in [1.165, 1.54) is 11.8 Å². The monoisotopic (exact) mass is 422 g/mol. The SMILES string of the molecule is COc1cc(-c2nnc(SCCOc3cccc(Cl)c3)o2)cc(OC)c1OC. The van der Waals surface area contributed by atoms with E-state index >= 15 is 0 Å². The van der Waals surface area contributed by atoms with E-state index in [0.717, 1.165) is 5.75 Å². The number of methoxy groups -OCH3 is 3. The maximum Gasteiger partial charge on any atom is 0.276 e. The van der Waals surface area contributed by atoms with E-state index in [0.29, 0.717) is 51.3 Å². The molecule has 0 N–H and O–H groups in total. The van der Waals surface area contributed by atoms with Crippen molar-refractivity contribution in [2.45, 2.75) is 5.22 Å². The maximum atomic E-state index is 5.93. The summed E-state index contributed by atoms with van der Waals surface area (Å²) < 4.78 is 27.4. The lowest BCUT2D eigenvalue weighted by molar-refractivity contribution is 0.324. The van der Waals surface area contributed by atoms with Crippen LogP contribution in [0.1, 0.15) is 0 Å². The summed E-state index contributed by atoms with van der Waals surface area (Å²) in [5.74, 6) is 3.25. The van der Waals surface area contributed by atoms with Gasteiger partial charge in [-0.1, -0.05) is 29.4 Å². The average molecular weight is 423 g/mol. The van der Waals surface area contributed by atoms with Crippen molar-refractivity contribution < 1.29 is 23.4 Å². The molecule has 1 heterocycles. The second kappa shape index (κ2) is 9.57. The zero-order valence-corrected chi connectivity index (χ0v) is 17.2. The van der Waals surface area contributed by atoms with Crippen molar-refractivity contribution in [1.82, 2.24) is 10.2 Å². The van der Waals surface area contributed by atoms with E-state index in [9.17, 15) is 0 Å². The van der Waals surface area contributed by atoms with Crippen LogP contribution in [0, 0.1) is 0 Å². The molecule has 0 amide bonds. The van der Waals surface area contributed by atoms with Crippen LogP contribution in [0.15, 0.2) is 46.0 Å². The van der Waals surface area contributed by atoms with E-state index in [-0.39, 0.29) is 0 Å². The standard InChI is InChI=1S/C19H19ClN2O5S/c1-23-15-9-12(10-16(24-2)17(15)25-3)18-21-22-19(27-18)28-8-7-26-14-6-4-5-13(20)11-14/h4-6,9-11H,7-8H2,1-3H3. The first-order valence-electron chi connectivity index (χ1n) is 8.29. The van der Waals surface area contributed by atoms with Crippen LogP contribution in [0.3, 0.4) is 0 Å². The van der Waals surface area contributed by atoms with Crippen LogP contribution in [0.25, 0.3) is 11.5 Å². The fourth-order valence-electron chi connectivity index (χ4n) is 2.43. The summed E-state index contributed by atoms with van der Waals surface area (Å²) in [5, 5.41) is 9.23. The van der Waals surface area contributed by atoms with Crippen molar-refractivity contribution in [3.8, 4) is 34.5 Å². The molecule has 0 fully saturated rings. The molecule has 0 aliphatic heterocycles. The van der Waals surface area contributed by atoms with Crippen molar-refractivity contribution in [2.75, 3.05) is 33.7 Å². The third-order valence-corrected chi connectivity index (χ3v) is 4.71. The van der Waals surface area contributed by atoms with Gasteiger partial charge in [-0.25, -0.2) is 0 Å². The number of thioether (sulfide) groups is 1. The molecule has 7 nitrogen and oxygen atoms in total. The average Bonchev–Trinajstić information content (AvgIpc) is 3.19. The van der Waals surface area contributed by atoms with Gasteiger partial charge in [0, 0.05) is 16.3 Å². The van der Waals surface area contributed by atoms with Gasteiger partial charge in [-0.2, -0.15) is 0 Å². The molecule has 3 rings (SSSR count). The Hall–Kier alpha value is -2.58. The van der Waals surface area contributed by atoms with E-state index in [1.54, 1.807) is 45.6 Å². The number of hydrogen-bond acceptors (Lipinski definition) is 8. The Morgan fingerprint density at radius 1 is 1.00 bits per heavy atom. The first-order valence-corrected chi connectivity index (χ1v) is 9.66. The smallest absolute Gasteiger partial charge is 0.276 e. The molecule has 148 valence electrons. The summed E-state index contributed by atoms with van der Waals surface area (Å²) in [7, 11) is 4.65. The lowest BCUT2D eigenvalue weighted by Crippen LogP contribution is -1.99. The third kappa shape index (κ3) is 4.82. The molecule has 0 aliphatic rings. The van der Waals surface area contributed by atoms with Crippen LogP contribution in [0.2, 0.25) is 5.02 Å². The van der Waals surface area contributed by atoms with Crippen LogP contribution in [-0.4, -0.2) is 43.9 Å². The van der Waals surface area contributed by atoms with Gasteiger partial charge in [-0.15, -0.1) is 10.2 Å². The summed E-state index contributed by atoms with van der Waals surface area (Å²) in [6.45, 7) is 0.479. The Morgan fingerprint density at radius 3 is 2.39 bits per heavy atom. The highest BCUT2D eigenvalue weighted by molar-refractivity contribution is 7.99. The Bertz CT molecular complexity index is 909. The highest BCUT2D eigenvalue weighted by Gasteiger charge is 2.17. The highest BCUT2D eigenvalue weighted by atomic mass is 35.5. The molecule has 0 bridgehead atoms. The molecule has 0 radical (unpaired) electrons. The number of aromatic nitrogens is 2. The van der Waals surface area contributed by atoms with E-state index in [4.69, 9.17) is 35.0 Å². The van der Waals surface area contributed by atoms with Gasteiger partial charge in [-0.3, -0.25) is 0 Å². The third-order valence-electron chi connectivity index (χ3n) is 3.69. The minimum atomic E-state index is 0.359. The fourth-order valence-corrected chi connectivity index (χ4v) is 3.19. The van der Waals surface area contributed by atoms with E-state index < -0.39 is 0 Å². The summed E-state index contributed by atoms with van der Waals surface area (Å²) in [5.41, 5.74) is 0.670.